The molecule has 5 atom stereocenters. The van der Waals surface area contributed by atoms with Crippen molar-refractivity contribution >= 4 is 5.91 Å². The predicted molar refractivity (Wildman–Crippen MR) is 67.6 cm³/mol. The number of hydrogen-bond acceptors (Lipinski definition) is 7. The Morgan fingerprint density at radius 1 is 1.25 bits per heavy atom. The fraction of sp³-hybridized carbons (Fsp3) is 0.917. The summed E-state index contributed by atoms with van der Waals surface area (Å²) < 4.78 is 10.3. The Morgan fingerprint density at radius 3 is 2.45 bits per heavy atom. The molecule has 1 fully saturated rings. The van der Waals surface area contributed by atoms with Gasteiger partial charge in [-0.2, -0.15) is 0 Å². The Labute approximate surface area is 117 Å². The number of ether oxygens (including phenoxy) is 2. The van der Waals surface area contributed by atoms with E-state index < -0.39 is 37.3 Å². The highest BCUT2D eigenvalue weighted by Crippen LogP contribution is 2.21. The third-order valence-corrected chi connectivity index (χ3v) is 3.06. The molecular weight excluding hydrogens is 270 g/mol. The standard InChI is InChI=1S/C12H23NO7/c1-6(2)11(18)13-3-4-19-12-10(17)9(16)8(15)7(5-14)20-12/h6-10,12,14-17H,3-5H2,1-2H3,(H,13,18)/t7-,8-,9+,10+,12+/m1/s1. The van der Waals surface area contributed by atoms with Gasteiger partial charge in [0.1, 0.15) is 24.4 Å². The lowest BCUT2D eigenvalue weighted by atomic mass is 9.99. The number of amides is 1. The van der Waals surface area contributed by atoms with Crippen LogP contribution in [0.15, 0.2) is 0 Å². The van der Waals surface area contributed by atoms with Crippen LogP contribution >= 0.6 is 0 Å². The number of nitrogens with one attached hydrogen (secondary N) is 1. The molecule has 0 saturated carbocycles. The third-order valence-electron chi connectivity index (χ3n) is 3.06. The smallest absolute Gasteiger partial charge is 0.222 e. The van der Waals surface area contributed by atoms with E-state index in [0.717, 1.165) is 0 Å². The summed E-state index contributed by atoms with van der Waals surface area (Å²) in [5, 5.41) is 40.4. The molecule has 0 bridgehead atoms. The van der Waals surface area contributed by atoms with Crippen molar-refractivity contribution in [1.29, 1.82) is 0 Å². The maximum Gasteiger partial charge on any atom is 0.222 e. The second-order valence-corrected chi connectivity index (χ2v) is 5.01. The van der Waals surface area contributed by atoms with Crippen LogP contribution in [0.4, 0.5) is 0 Å². The van der Waals surface area contributed by atoms with Gasteiger partial charge in [-0.1, -0.05) is 13.8 Å². The van der Waals surface area contributed by atoms with Gasteiger partial charge < -0.3 is 35.2 Å². The van der Waals surface area contributed by atoms with Crippen LogP contribution in [0.3, 0.4) is 0 Å². The molecule has 1 amide bonds. The van der Waals surface area contributed by atoms with Crippen LogP contribution in [-0.4, -0.2) is 76.8 Å². The van der Waals surface area contributed by atoms with E-state index in [9.17, 15) is 20.1 Å². The Bertz CT molecular complexity index is 310. The molecule has 0 aromatic heterocycles. The lowest BCUT2D eigenvalue weighted by Gasteiger charge is -2.39. The molecule has 8 nitrogen and oxygen atoms in total. The normalized spacial score (nSPS) is 34.2. The lowest BCUT2D eigenvalue weighted by molar-refractivity contribution is -0.300. The van der Waals surface area contributed by atoms with Crippen molar-refractivity contribution < 1.29 is 34.7 Å². The quantitative estimate of drug-likeness (QED) is 0.345. The maximum absolute atomic E-state index is 11.3. The highest BCUT2D eigenvalue weighted by Gasteiger charge is 2.43. The minimum Gasteiger partial charge on any atom is -0.394 e. The van der Waals surface area contributed by atoms with Crippen molar-refractivity contribution in [3.63, 3.8) is 0 Å². The first-order chi connectivity index (χ1) is 9.38. The van der Waals surface area contributed by atoms with Gasteiger partial charge in [0.15, 0.2) is 6.29 Å². The molecule has 0 unspecified atom stereocenters. The number of carbonyl (C=O) groups is 1. The molecule has 8 heteroatoms. The van der Waals surface area contributed by atoms with Crippen molar-refractivity contribution in [2.45, 2.75) is 44.6 Å². The Morgan fingerprint density at radius 2 is 1.90 bits per heavy atom. The molecule has 1 saturated heterocycles. The van der Waals surface area contributed by atoms with Gasteiger partial charge in [-0.3, -0.25) is 4.79 Å². The molecule has 5 N–H and O–H groups in total. The van der Waals surface area contributed by atoms with Gasteiger partial charge in [-0.05, 0) is 0 Å². The molecule has 1 rings (SSSR count). The van der Waals surface area contributed by atoms with Gasteiger partial charge in [-0.15, -0.1) is 0 Å². The molecule has 0 aliphatic carbocycles. The van der Waals surface area contributed by atoms with Crippen LogP contribution in [0.5, 0.6) is 0 Å². The largest absolute Gasteiger partial charge is 0.394 e. The van der Waals surface area contributed by atoms with Crippen LogP contribution in [0.1, 0.15) is 13.8 Å². The molecule has 0 radical (unpaired) electrons. The van der Waals surface area contributed by atoms with Crippen molar-refractivity contribution in [2.24, 2.45) is 5.92 Å². The summed E-state index contributed by atoms with van der Waals surface area (Å²) >= 11 is 0. The fourth-order valence-corrected chi connectivity index (χ4v) is 1.76. The van der Waals surface area contributed by atoms with E-state index in [1.807, 2.05) is 0 Å². The van der Waals surface area contributed by atoms with Gasteiger partial charge in [0.05, 0.1) is 13.2 Å². The first kappa shape index (κ1) is 17.3. The second-order valence-electron chi connectivity index (χ2n) is 5.01. The van der Waals surface area contributed by atoms with E-state index in [4.69, 9.17) is 14.6 Å². The molecular formula is C12H23NO7. The molecule has 1 aliphatic rings. The number of carbonyl (C=O) groups excluding carboxylic acids is 1. The number of rotatable bonds is 6. The number of aliphatic hydroxyl groups is 4. The zero-order chi connectivity index (χ0) is 15.3. The Balaban J connectivity index is 2.37. The molecule has 0 aromatic rings. The summed E-state index contributed by atoms with van der Waals surface area (Å²) in [5.41, 5.74) is 0. The molecule has 20 heavy (non-hydrogen) atoms. The molecule has 1 aliphatic heterocycles. The van der Waals surface area contributed by atoms with Crippen molar-refractivity contribution in [2.75, 3.05) is 19.8 Å². The van der Waals surface area contributed by atoms with Gasteiger partial charge in [-0.25, -0.2) is 0 Å². The summed E-state index contributed by atoms with van der Waals surface area (Å²) in [4.78, 5) is 11.3. The third kappa shape index (κ3) is 4.37. The summed E-state index contributed by atoms with van der Waals surface area (Å²) in [6, 6.07) is 0. The van der Waals surface area contributed by atoms with Crippen LogP contribution < -0.4 is 5.32 Å². The fourth-order valence-electron chi connectivity index (χ4n) is 1.76. The predicted octanol–water partition coefficient (Wildman–Crippen LogP) is -2.42. The summed E-state index contributed by atoms with van der Waals surface area (Å²) in [6.45, 7) is 3.31. The van der Waals surface area contributed by atoms with Gasteiger partial charge >= 0.3 is 0 Å². The van der Waals surface area contributed by atoms with Crippen LogP contribution in [0, 0.1) is 5.92 Å². The van der Waals surface area contributed by atoms with Crippen molar-refractivity contribution in [3.05, 3.63) is 0 Å². The SMILES string of the molecule is CC(C)C(=O)NCCO[C@H]1O[C@H](CO)[C@@H](O)[C@H](O)[C@@H]1O. The van der Waals surface area contributed by atoms with E-state index in [1.165, 1.54) is 0 Å². The maximum atomic E-state index is 11.3. The van der Waals surface area contributed by atoms with Crippen LogP contribution in [0.25, 0.3) is 0 Å². The van der Waals surface area contributed by atoms with Crippen molar-refractivity contribution in [1.82, 2.24) is 5.32 Å². The van der Waals surface area contributed by atoms with Gasteiger partial charge in [0.25, 0.3) is 0 Å². The minimum absolute atomic E-state index is 0.0706. The first-order valence-electron chi connectivity index (χ1n) is 6.58. The highest BCUT2D eigenvalue weighted by atomic mass is 16.7. The molecule has 0 aromatic carbocycles. The minimum atomic E-state index is -1.46. The molecule has 1 heterocycles. The van der Waals surface area contributed by atoms with Gasteiger partial charge in [0, 0.05) is 12.5 Å². The molecule has 118 valence electrons. The lowest BCUT2D eigenvalue weighted by Crippen LogP contribution is -2.59. The van der Waals surface area contributed by atoms with Crippen LogP contribution in [0.2, 0.25) is 0 Å². The average Bonchev–Trinajstić information content (AvgIpc) is 2.42. The van der Waals surface area contributed by atoms with E-state index in [0.29, 0.717) is 0 Å². The molecule has 0 spiro atoms. The number of hydrogen-bond donors (Lipinski definition) is 5. The summed E-state index contributed by atoms with van der Waals surface area (Å²) in [7, 11) is 0. The zero-order valence-corrected chi connectivity index (χ0v) is 11.6. The first-order valence-corrected chi connectivity index (χ1v) is 6.58. The van der Waals surface area contributed by atoms with E-state index in [-0.39, 0.29) is 25.0 Å². The summed E-state index contributed by atoms with van der Waals surface area (Å²) in [5.74, 6) is -0.260. The monoisotopic (exact) mass is 293 g/mol. The Hall–Kier alpha value is -0.770. The van der Waals surface area contributed by atoms with Crippen LogP contribution in [-0.2, 0) is 14.3 Å². The topological polar surface area (TPSA) is 128 Å². The Kier molecular flexibility index (Phi) is 6.80. The highest BCUT2D eigenvalue weighted by molar-refractivity contribution is 5.77. The van der Waals surface area contributed by atoms with Crippen molar-refractivity contribution in [3.8, 4) is 0 Å². The van der Waals surface area contributed by atoms with E-state index in [2.05, 4.69) is 5.32 Å². The van der Waals surface area contributed by atoms with E-state index >= 15 is 0 Å². The van der Waals surface area contributed by atoms with E-state index in [1.54, 1.807) is 13.8 Å². The van der Waals surface area contributed by atoms with Gasteiger partial charge in [0.2, 0.25) is 5.91 Å². The average molecular weight is 293 g/mol. The summed E-state index contributed by atoms with van der Waals surface area (Å²) in [6.07, 6.45) is -6.45. The second kappa shape index (κ2) is 7.87. The zero-order valence-electron chi connectivity index (χ0n) is 11.6. The number of aliphatic hydroxyl groups excluding tert-OH is 4.